The van der Waals surface area contributed by atoms with Crippen molar-refractivity contribution in [3.63, 3.8) is 0 Å². The van der Waals surface area contributed by atoms with E-state index in [9.17, 15) is 15.0 Å². The first kappa shape index (κ1) is 18.6. The zero-order chi connectivity index (χ0) is 19.7. The molecule has 2 aliphatic heterocycles. The third-order valence-corrected chi connectivity index (χ3v) is 5.74. The van der Waals surface area contributed by atoms with E-state index in [-0.39, 0.29) is 17.4 Å². The van der Waals surface area contributed by atoms with Crippen LogP contribution in [-0.4, -0.2) is 41.2 Å². The van der Waals surface area contributed by atoms with E-state index in [4.69, 9.17) is 4.74 Å². The van der Waals surface area contributed by atoms with Crippen LogP contribution < -0.4 is 10.1 Å². The summed E-state index contributed by atoms with van der Waals surface area (Å²) in [4.78, 5) is 15.2. The first-order valence-electron chi connectivity index (χ1n) is 9.82. The summed E-state index contributed by atoms with van der Waals surface area (Å²) in [5, 5.41) is 23.0. The molecule has 0 radical (unpaired) electrons. The van der Waals surface area contributed by atoms with Crippen LogP contribution in [0.4, 0.5) is 0 Å². The highest BCUT2D eigenvalue weighted by Crippen LogP contribution is 2.50. The average molecular weight is 382 g/mol. The minimum Gasteiger partial charge on any atom is -0.508 e. The number of nitrogens with one attached hydrogen (secondary N) is 1. The highest BCUT2D eigenvalue weighted by molar-refractivity contribution is 5.87. The van der Waals surface area contributed by atoms with Gasteiger partial charge in [-0.3, -0.25) is 9.69 Å². The quantitative estimate of drug-likeness (QED) is 0.757. The second-order valence-electron chi connectivity index (χ2n) is 7.53. The summed E-state index contributed by atoms with van der Waals surface area (Å²) >= 11 is 0. The molecule has 1 amide bonds. The Morgan fingerprint density at radius 3 is 2.50 bits per heavy atom. The maximum Gasteiger partial charge on any atom is 0.231 e. The number of carbonyl (C=O) groups excluding carboxylic acids is 1. The third-order valence-electron chi connectivity index (χ3n) is 5.74. The van der Waals surface area contributed by atoms with Crippen molar-refractivity contribution >= 4 is 5.91 Å². The van der Waals surface area contributed by atoms with Crippen molar-refractivity contribution in [3.05, 3.63) is 53.1 Å². The van der Waals surface area contributed by atoms with Crippen LogP contribution in [0.3, 0.4) is 0 Å². The molecule has 1 fully saturated rings. The second kappa shape index (κ2) is 7.72. The Hall–Kier alpha value is -2.73. The molecule has 0 saturated carbocycles. The first-order chi connectivity index (χ1) is 13.6. The fraction of sp³-hybridized carbons (Fsp3) is 0.409. The van der Waals surface area contributed by atoms with Gasteiger partial charge in [0.05, 0.1) is 0 Å². The molecular formula is C22H26N2O4. The number of hydrogen-bond donors (Lipinski definition) is 3. The van der Waals surface area contributed by atoms with E-state index in [1.807, 2.05) is 0 Å². The van der Waals surface area contributed by atoms with E-state index in [0.29, 0.717) is 12.3 Å². The normalized spacial score (nSPS) is 21.8. The van der Waals surface area contributed by atoms with Crippen LogP contribution in [0.1, 0.15) is 48.0 Å². The molecule has 0 aromatic heterocycles. The summed E-state index contributed by atoms with van der Waals surface area (Å²) in [7, 11) is 1.61. The number of rotatable bonds is 4. The van der Waals surface area contributed by atoms with Gasteiger partial charge in [0.15, 0.2) is 0 Å². The Morgan fingerprint density at radius 1 is 1.11 bits per heavy atom. The number of nitrogens with zero attached hydrogens (tertiary/aromatic N) is 1. The molecule has 3 N–H and O–H groups in total. The predicted octanol–water partition coefficient (Wildman–Crippen LogP) is 3.05. The molecule has 6 heteroatoms. The van der Waals surface area contributed by atoms with E-state index < -0.39 is 12.0 Å². The molecule has 2 unspecified atom stereocenters. The number of hydrogen-bond acceptors (Lipinski definition) is 5. The number of phenols is 2. The molecule has 2 aromatic rings. The van der Waals surface area contributed by atoms with Gasteiger partial charge in [0.25, 0.3) is 0 Å². The first-order valence-corrected chi connectivity index (χ1v) is 9.82. The molecule has 2 heterocycles. The molecule has 0 aliphatic carbocycles. The van der Waals surface area contributed by atoms with Crippen molar-refractivity contribution in [3.8, 4) is 17.2 Å². The third kappa shape index (κ3) is 3.40. The van der Waals surface area contributed by atoms with Crippen LogP contribution in [0.25, 0.3) is 0 Å². The lowest BCUT2D eigenvalue weighted by Gasteiger charge is -2.28. The summed E-state index contributed by atoms with van der Waals surface area (Å²) in [6.45, 7) is 2.60. The Balaban J connectivity index is 1.75. The fourth-order valence-corrected chi connectivity index (χ4v) is 4.29. The number of ether oxygens (including phenoxy) is 1. The van der Waals surface area contributed by atoms with Gasteiger partial charge in [0, 0.05) is 24.7 Å². The molecule has 28 heavy (non-hydrogen) atoms. The summed E-state index contributed by atoms with van der Waals surface area (Å²) in [6, 6.07) is 10.1. The lowest BCUT2D eigenvalue weighted by molar-refractivity contribution is -0.123. The molecule has 1 saturated heterocycles. The molecule has 2 aliphatic rings. The molecular weight excluding hydrogens is 356 g/mol. The Morgan fingerprint density at radius 2 is 1.82 bits per heavy atom. The van der Waals surface area contributed by atoms with Gasteiger partial charge in [-0.1, -0.05) is 18.6 Å². The number of phenolic OH excluding ortho intramolecular Hbond substituents is 2. The van der Waals surface area contributed by atoms with Crippen LogP contribution in [0.2, 0.25) is 0 Å². The maximum atomic E-state index is 12.8. The van der Waals surface area contributed by atoms with Gasteiger partial charge in [-0.25, -0.2) is 0 Å². The summed E-state index contributed by atoms with van der Waals surface area (Å²) in [6.07, 6.45) is 3.04. The van der Waals surface area contributed by atoms with E-state index in [2.05, 4.69) is 10.2 Å². The van der Waals surface area contributed by atoms with Crippen LogP contribution in [-0.2, 0) is 11.3 Å². The largest absolute Gasteiger partial charge is 0.508 e. The minimum absolute atomic E-state index is 0.151. The Kier molecular flexibility index (Phi) is 5.13. The van der Waals surface area contributed by atoms with Gasteiger partial charge in [-0.05, 0) is 55.8 Å². The molecule has 0 spiro atoms. The number of aromatic hydroxyl groups is 2. The molecule has 4 rings (SSSR count). The van der Waals surface area contributed by atoms with Gasteiger partial charge < -0.3 is 20.3 Å². The van der Waals surface area contributed by atoms with Crippen molar-refractivity contribution in [2.24, 2.45) is 0 Å². The van der Waals surface area contributed by atoms with Gasteiger partial charge in [-0.2, -0.15) is 0 Å². The maximum absolute atomic E-state index is 12.8. The van der Waals surface area contributed by atoms with Crippen LogP contribution in [0.5, 0.6) is 17.2 Å². The number of likely N-dealkylation sites (tertiary alicyclic amines) is 1. The minimum atomic E-state index is -0.559. The van der Waals surface area contributed by atoms with Crippen molar-refractivity contribution in [1.82, 2.24) is 10.2 Å². The number of likely N-dealkylation sites (N-methyl/N-ethyl adjacent to an activating group) is 1. The smallest absolute Gasteiger partial charge is 0.231 e. The van der Waals surface area contributed by atoms with Crippen molar-refractivity contribution in [2.45, 2.75) is 37.8 Å². The molecule has 2 atom stereocenters. The van der Waals surface area contributed by atoms with Gasteiger partial charge >= 0.3 is 0 Å². The topological polar surface area (TPSA) is 82.0 Å². The zero-order valence-corrected chi connectivity index (χ0v) is 16.0. The van der Waals surface area contributed by atoms with Crippen molar-refractivity contribution < 1.29 is 19.7 Å². The Labute approximate surface area is 164 Å². The predicted molar refractivity (Wildman–Crippen MR) is 106 cm³/mol. The molecule has 6 nitrogen and oxygen atoms in total. The monoisotopic (exact) mass is 382 g/mol. The molecule has 2 aromatic carbocycles. The number of amides is 1. The van der Waals surface area contributed by atoms with Crippen LogP contribution in [0, 0.1) is 0 Å². The number of fused-ring (bicyclic) bond motifs is 1. The summed E-state index contributed by atoms with van der Waals surface area (Å²) in [5.41, 5.74) is 2.35. The highest BCUT2D eigenvalue weighted by atomic mass is 16.5. The zero-order valence-electron chi connectivity index (χ0n) is 16.0. The number of carbonyl (C=O) groups is 1. The molecule has 0 bridgehead atoms. The summed E-state index contributed by atoms with van der Waals surface area (Å²) < 4.78 is 6.18. The second-order valence-corrected chi connectivity index (χ2v) is 7.53. The van der Waals surface area contributed by atoms with Gasteiger partial charge in [0.2, 0.25) is 5.91 Å². The van der Waals surface area contributed by atoms with Crippen LogP contribution in [0.15, 0.2) is 36.4 Å². The van der Waals surface area contributed by atoms with Gasteiger partial charge in [-0.15, -0.1) is 0 Å². The lowest BCUT2D eigenvalue weighted by Crippen LogP contribution is -2.31. The van der Waals surface area contributed by atoms with E-state index in [0.717, 1.165) is 42.6 Å². The fourth-order valence-electron chi connectivity index (χ4n) is 4.29. The summed E-state index contributed by atoms with van der Waals surface area (Å²) in [5.74, 6) is 0.294. The van der Waals surface area contributed by atoms with Gasteiger partial charge in [0.1, 0.15) is 29.3 Å². The average Bonchev–Trinajstić information content (AvgIpc) is 3.11. The van der Waals surface area contributed by atoms with Crippen molar-refractivity contribution in [2.75, 3.05) is 20.1 Å². The number of piperidine rings is 1. The Bertz CT molecular complexity index is 860. The van der Waals surface area contributed by atoms with Crippen LogP contribution >= 0.6 is 0 Å². The molecule has 148 valence electrons. The standard InChI is InChI=1S/C22H26N2O4/c1-23-22(27)20-19-16(13-24-11-3-2-4-12-24)17(26)9-10-18(19)28-21(20)14-5-7-15(25)8-6-14/h5-10,20-21,25-26H,2-4,11-13H2,1H3,(H,23,27). The number of benzene rings is 2. The van der Waals surface area contributed by atoms with E-state index in [1.54, 1.807) is 43.4 Å². The van der Waals surface area contributed by atoms with Crippen molar-refractivity contribution in [1.29, 1.82) is 0 Å². The lowest BCUT2D eigenvalue weighted by atomic mass is 9.86. The van der Waals surface area contributed by atoms with E-state index in [1.165, 1.54) is 6.42 Å². The van der Waals surface area contributed by atoms with E-state index >= 15 is 0 Å². The highest BCUT2D eigenvalue weighted by Gasteiger charge is 2.42. The SMILES string of the molecule is CNC(=O)C1c2c(ccc(O)c2CN2CCCCC2)OC1c1ccc(O)cc1.